The number of nitrogens with one attached hydrogen (secondary N) is 2. The van der Waals surface area contributed by atoms with E-state index in [1.54, 1.807) is 24.3 Å². The molecule has 122 valence electrons. The summed E-state index contributed by atoms with van der Waals surface area (Å²) in [6.45, 7) is 8.50. The first-order valence-corrected chi connectivity index (χ1v) is 7.54. The van der Waals surface area contributed by atoms with E-state index in [0.29, 0.717) is 23.9 Å². The molecule has 0 unspecified atom stereocenters. The van der Waals surface area contributed by atoms with Crippen LogP contribution in [0.1, 0.15) is 38.2 Å². The third-order valence-electron chi connectivity index (χ3n) is 2.84. The van der Waals surface area contributed by atoms with Crippen LogP contribution < -0.4 is 15.4 Å². The minimum Gasteiger partial charge on any atom is -0.492 e. The molecular formula is C17H22N4O2. The second-order valence-corrected chi connectivity index (χ2v) is 6.06. The molecule has 1 aromatic heterocycles. The fraction of sp³-hybridized carbons (Fsp3) is 0.353. The van der Waals surface area contributed by atoms with Crippen LogP contribution in [0.5, 0.6) is 5.75 Å². The van der Waals surface area contributed by atoms with Crippen molar-refractivity contribution in [1.82, 2.24) is 10.2 Å². The number of aromatic nitrogens is 2. The number of rotatable bonds is 5. The predicted octanol–water partition coefficient (Wildman–Crippen LogP) is 3.34. The maximum atomic E-state index is 12.3. The van der Waals surface area contributed by atoms with Gasteiger partial charge in [0.25, 0.3) is 5.91 Å². The van der Waals surface area contributed by atoms with Crippen molar-refractivity contribution in [3.05, 3.63) is 42.1 Å². The van der Waals surface area contributed by atoms with Gasteiger partial charge in [-0.3, -0.25) is 4.79 Å². The summed E-state index contributed by atoms with van der Waals surface area (Å²) in [4.78, 5) is 12.3. The second kappa shape index (κ2) is 7.09. The van der Waals surface area contributed by atoms with E-state index in [9.17, 15) is 4.79 Å². The summed E-state index contributed by atoms with van der Waals surface area (Å²) in [5.41, 5.74) is 0.739. The molecule has 1 heterocycles. The summed E-state index contributed by atoms with van der Waals surface area (Å²) in [5.74, 6) is 0.929. The highest BCUT2D eigenvalue weighted by Gasteiger charge is 2.14. The third kappa shape index (κ3) is 4.95. The van der Waals surface area contributed by atoms with Gasteiger partial charge in [0.05, 0.1) is 12.3 Å². The Morgan fingerprint density at radius 3 is 2.48 bits per heavy atom. The van der Waals surface area contributed by atoms with Crippen molar-refractivity contribution in [2.75, 3.05) is 17.2 Å². The molecule has 0 spiro atoms. The number of amides is 1. The summed E-state index contributed by atoms with van der Waals surface area (Å²) < 4.78 is 5.49. The van der Waals surface area contributed by atoms with Gasteiger partial charge >= 0.3 is 0 Å². The van der Waals surface area contributed by atoms with Gasteiger partial charge in [0, 0.05) is 5.54 Å². The van der Waals surface area contributed by atoms with E-state index in [-0.39, 0.29) is 17.1 Å². The van der Waals surface area contributed by atoms with E-state index in [1.165, 1.54) is 0 Å². The van der Waals surface area contributed by atoms with Crippen molar-refractivity contribution in [2.45, 2.75) is 33.2 Å². The molecule has 0 fully saturated rings. The first kappa shape index (κ1) is 16.7. The lowest BCUT2D eigenvalue weighted by Gasteiger charge is -2.20. The number of carbonyl (C=O) groups excluding carboxylic acids is 1. The quantitative estimate of drug-likeness (QED) is 0.885. The van der Waals surface area contributed by atoms with Crippen molar-refractivity contribution < 1.29 is 9.53 Å². The third-order valence-corrected chi connectivity index (χ3v) is 2.84. The Kier molecular flexibility index (Phi) is 5.16. The zero-order chi connectivity index (χ0) is 16.9. The number of hydrogen-bond acceptors (Lipinski definition) is 5. The maximum Gasteiger partial charge on any atom is 0.276 e. The van der Waals surface area contributed by atoms with Gasteiger partial charge in [-0.2, -0.15) is 0 Å². The number of ether oxygens (including phenoxy) is 1. The summed E-state index contributed by atoms with van der Waals surface area (Å²) in [7, 11) is 0. The highest BCUT2D eigenvalue weighted by molar-refractivity contribution is 6.03. The molecule has 6 nitrogen and oxygen atoms in total. The van der Waals surface area contributed by atoms with E-state index in [2.05, 4.69) is 20.8 Å². The SMILES string of the molecule is CCOc1ccccc1NC(=O)c1ccc(NC(C)(C)C)nn1. The Labute approximate surface area is 136 Å². The minimum absolute atomic E-state index is 0.116. The summed E-state index contributed by atoms with van der Waals surface area (Å²) in [6, 6.07) is 10.7. The lowest BCUT2D eigenvalue weighted by atomic mass is 10.1. The van der Waals surface area contributed by atoms with Crippen molar-refractivity contribution in [1.29, 1.82) is 0 Å². The van der Waals surface area contributed by atoms with E-state index in [1.807, 2.05) is 39.8 Å². The molecule has 2 rings (SSSR count). The Bertz CT molecular complexity index is 663. The predicted molar refractivity (Wildman–Crippen MR) is 91.0 cm³/mol. The molecule has 0 saturated heterocycles. The van der Waals surface area contributed by atoms with Gasteiger partial charge in [0.15, 0.2) is 5.69 Å². The molecule has 0 bridgehead atoms. The Hall–Kier alpha value is -2.63. The molecule has 0 aliphatic heterocycles. The average molecular weight is 314 g/mol. The number of carbonyl (C=O) groups is 1. The summed E-state index contributed by atoms with van der Waals surface area (Å²) in [5, 5.41) is 14.0. The van der Waals surface area contributed by atoms with Crippen LogP contribution in [0.15, 0.2) is 36.4 Å². The van der Waals surface area contributed by atoms with Gasteiger partial charge in [0.2, 0.25) is 0 Å². The zero-order valence-corrected chi connectivity index (χ0v) is 13.9. The summed E-state index contributed by atoms with van der Waals surface area (Å²) in [6.07, 6.45) is 0. The smallest absolute Gasteiger partial charge is 0.276 e. The van der Waals surface area contributed by atoms with Gasteiger partial charge in [-0.15, -0.1) is 10.2 Å². The molecular weight excluding hydrogens is 292 g/mol. The number of benzene rings is 1. The monoisotopic (exact) mass is 314 g/mol. The maximum absolute atomic E-state index is 12.3. The van der Waals surface area contributed by atoms with Crippen molar-refractivity contribution in [2.24, 2.45) is 0 Å². The molecule has 6 heteroatoms. The van der Waals surface area contributed by atoms with Gasteiger partial charge < -0.3 is 15.4 Å². The van der Waals surface area contributed by atoms with Crippen LogP contribution >= 0.6 is 0 Å². The second-order valence-electron chi connectivity index (χ2n) is 6.06. The number of hydrogen-bond donors (Lipinski definition) is 2. The average Bonchev–Trinajstić information content (AvgIpc) is 2.48. The highest BCUT2D eigenvalue weighted by atomic mass is 16.5. The largest absolute Gasteiger partial charge is 0.492 e. The standard InChI is InChI=1S/C17H22N4O2/c1-5-23-14-9-7-6-8-12(14)18-16(22)13-10-11-15(21-20-13)19-17(2,3)4/h6-11H,5H2,1-4H3,(H,18,22)(H,19,21). The van der Waals surface area contributed by atoms with E-state index >= 15 is 0 Å². The van der Waals surface area contributed by atoms with Crippen molar-refractivity contribution >= 4 is 17.4 Å². The molecule has 2 N–H and O–H groups in total. The van der Waals surface area contributed by atoms with Gasteiger partial charge in [0.1, 0.15) is 11.6 Å². The highest BCUT2D eigenvalue weighted by Crippen LogP contribution is 2.24. The first-order valence-electron chi connectivity index (χ1n) is 7.54. The van der Waals surface area contributed by atoms with Crippen LogP contribution in [0.3, 0.4) is 0 Å². The zero-order valence-electron chi connectivity index (χ0n) is 13.9. The van der Waals surface area contributed by atoms with Crippen molar-refractivity contribution in [3.8, 4) is 5.75 Å². The van der Waals surface area contributed by atoms with Crippen LogP contribution in [-0.2, 0) is 0 Å². The van der Waals surface area contributed by atoms with Gasteiger partial charge in [-0.1, -0.05) is 12.1 Å². The molecule has 0 atom stereocenters. The van der Waals surface area contributed by atoms with Crippen LogP contribution in [0.2, 0.25) is 0 Å². The molecule has 1 aromatic carbocycles. The van der Waals surface area contributed by atoms with Crippen LogP contribution in [0, 0.1) is 0 Å². The lowest BCUT2D eigenvalue weighted by Crippen LogP contribution is -2.27. The van der Waals surface area contributed by atoms with Gasteiger partial charge in [-0.05, 0) is 52.0 Å². The fourth-order valence-corrected chi connectivity index (χ4v) is 1.94. The minimum atomic E-state index is -0.327. The van der Waals surface area contributed by atoms with E-state index in [4.69, 9.17) is 4.74 Å². The van der Waals surface area contributed by atoms with Crippen LogP contribution in [0.25, 0.3) is 0 Å². The van der Waals surface area contributed by atoms with Crippen LogP contribution in [0.4, 0.5) is 11.5 Å². The molecule has 23 heavy (non-hydrogen) atoms. The van der Waals surface area contributed by atoms with Crippen molar-refractivity contribution in [3.63, 3.8) is 0 Å². The molecule has 1 amide bonds. The fourth-order valence-electron chi connectivity index (χ4n) is 1.94. The van der Waals surface area contributed by atoms with Crippen LogP contribution in [-0.4, -0.2) is 28.3 Å². The molecule has 0 aliphatic rings. The normalized spacial score (nSPS) is 11.0. The van der Waals surface area contributed by atoms with E-state index in [0.717, 1.165) is 0 Å². The molecule has 0 saturated carbocycles. The Balaban J connectivity index is 2.09. The number of para-hydroxylation sites is 2. The van der Waals surface area contributed by atoms with E-state index < -0.39 is 0 Å². The number of anilines is 2. The topological polar surface area (TPSA) is 76.1 Å². The lowest BCUT2D eigenvalue weighted by molar-refractivity contribution is 0.102. The summed E-state index contributed by atoms with van der Waals surface area (Å²) >= 11 is 0. The molecule has 0 radical (unpaired) electrons. The van der Waals surface area contributed by atoms with Gasteiger partial charge in [-0.25, -0.2) is 0 Å². The molecule has 0 aliphatic carbocycles. The Morgan fingerprint density at radius 1 is 1.13 bits per heavy atom. The Morgan fingerprint density at radius 2 is 1.87 bits per heavy atom. The molecule has 2 aromatic rings. The number of nitrogens with zero attached hydrogens (tertiary/aromatic N) is 2. The first-order chi connectivity index (χ1) is 10.9.